The molecule has 4 rings (SSSR count). The first-order chi connectivity index (χ1) is 12.2. The molecule has 6 nitrogen and oxygen atoms in total. The smallest absolute Gasteiger partial charge is 0.242 e. The summed E-state index contributed by atoms with van der Waals surface area (Å²) < 4.78 is 10.9. The summed E-state index contributed by atoms with van der Waals surface area (Å²) in [4.78, 5) is 25.3. The van der Waals surface area contributed by atoms with Gasteiger partial charge in [-0.15, -0.1) is 0 Å². The van der Waals surface area contributed by atoms with Gasteiger partial charge in [0.05, 0.1) is 5.41 Å². The lowest BCUT2D eigenvalue weighted by molar-refractivity contribution is -0.134. The Kier molecular flexibility index (Phi) is 4.27. The van der Waals surface area contributed by atoms with Gasteiger partial charge >= 0.3 is 0 Å². The van der Waals surface area contributed by atoms with Crippen LogP contribution in [0.3, 0.4) is 0 Å². The lowest BCUT2D eigenvalue weighted by Gasteiger charge is -2.38. The van der Waals surface area contributed by atoms with Crippen LogP contribution in [0.15, 0.2) is 18.2 Å². The Morgan fingerprint density at radius 3 is 2.72 bits per heavy atom. The standard InChI is InChI=1S/C19H24N2O4/c22-17-14(5-4-10-20-17)21-18(23)19(8-2-1-3-9-19)13-6-7-15-16(11-13)25-12-24-15/h6-7,11,14H,1-5,8-10,12H2,(H,20,22)(H,21,23). The van der Waals surface area contributed by atoms with Crippen molar-refractivity contribution >= 4 is 11.8 Å². The number of hydrogen-bond acceptors (Lipinski definition) is 4. The summed E-state index contributed by atoms with van der Waals surface area (Å²) in [5.41, 5.74) is 0.377. The second kappa shape index (κ2) is 6.58. The molecule has 1 saturated carbocycles. The molecule has 1 atom stereocenters. The first-order valence-electron chi connectivity index (χ1n) is 9.18. The number of nitrogens with one attached hydrogen (secondary N) is 2. The molecule has 2 amide bonds. The molecular formula is C19H24N2O4. The molecule has 1 aromatic carbocycles. The van der Waals surface area contributed by atoms with Crippen molar-refractivity contribution in [1.82, 2.24) is 10.6 Å². The summed E-state index contributed by atoms with van der Waals surface area (Å²) in [6, 6.07) is 5.37. The molecule has 0 aromatic heterocycles. The van der Waals surface area contributed by atoms with Crippen LogP contribution < -0.4 is 20.1 Å². The van der Waals surface area contributed by atoms with Gasteiger partial charge in [-0.2, -0.15) is 0 Å². The van der Waals surface area contributed by atoms with Gasteiger partial charge in [-0.3, -0.25) is 9.59 Å². The van der Waals surface area contributed by atoms with Gasteiger partial charge < -0.3 is 20.1 Å². The molecular weight excluding hydrogens is 320 g/mol. The van der Waals surface area contributed by atoms with Crippen LogP contribution in [0.5, 0.6) is 11.5 Å². The minimum absolute atomic E-state index is 0.0342. The van der Waals surface area contributed by atoms with Crippen molar-refractivity contribution in [2.75, 3.05) is 13.3 Å². The molecule has 2 N–H and O–H groups in total. The van der Waals surface area contributed by atoms with Crippen LogP contribution in [0.25, 0.3) is 0 Å². The van der Waals surface area contributed by atoms with Gasteiger partial charge in [0, 0.05) is 6.54 Å². The highest BCUT2D eigenvalue weighted by Crippen LogP contribution is 2.43. The van der Waals surface area contributed by atoms with E-state index in [0.29, 0.717) is 18.7 Å². The molecule has 6 heteroatoms. The van der Waals surface area contributed by atoms with Crippen molar-refractivity contribution in [3.8, 4) is 11.5 Å². The number of ether oxygens (including phenoxy) is 2. The molecule has 134 valence electrons. The predicted molar refractivity (Wildman–Crippen MR) is 91.5 cm³/mol. The van der Waals surface area contributed by atoms with Crippen molar-refractivity contribution < 1.29 is 19.1 Å². The fraction of sp³-hybridized carbons (Fsp3) is 0.579. The Balaban J connectivity index is 1.62. The summed E-state index contributed by atoms with van der Waals surface area (Å²) in [7, 11) is 0. The first-order valence-corrected chi connectivity index (χ1v) is 9.18. The Hall–Kier alpha value is -2.24. The summed E-state index contributed by atoms with van der Waals surface area (Å²) in [6.45, 7) is 0.915. The fourth-order valence-corrected chi connectivity index (χ4v) is 4.20. The number of benzene rings is 1. The van der Waals surface area contributed by atoms with E-state index in [0.717, 1.165) is 49.8 Å². The van der Waals surface area contributed by atoms with Gasteiger partial charge in [0.15, 0.2) is 11.5 Å². The van der Waals surface area contributed by atoms with Gasteiger partial charge in [0.2, 0.25) is 18.6 Å². The molecule has 2 fully saturated rings. The van der Waals surface area contributed by atoms with Gasteiger partial charge in [-0.1, -0.05) is 25.3 Å². The zero-order valence-corrected chi connectivity index (χ0v) is 14.3. The highest BCUT2D eigenvalue weighted by Gasteiger charge is 2.43. The molecule has 2 aliphatic heterocycles. The zero-order valence-electron chi connectivity index (χ0n) is 14.3. The lowest BCUT2D eigenvalue weighted by Crippen LogP contribution is -2.55. The van der Waals surface area contributed by atoms with Crippen molar-refractivity contribution in [2.24, 2.45) is 0 Å². The summed E-state index contributed by atoms with van der Waals surface area (Å²) in [5, 5.41) is 5.86. The number of carbonyl (C=O) groups is 2. The van der Waals surface area contributed by atoms with Gasteiger partial charge in [-0.25, -0.2) is 0 Å². The van der Waals surface area contributed by atoms with Crippen LogP contribution in [-0.2, 0) is 15.0 Å². The van der Waals surface area contributed by atoms with E-state index >= 15 is 0 Å². The molecule has 2 heterocycles. The quantitative estimate of drug-likeness (QED) is 0.879. The number of carbonyl (C=O) groups excluding carboxylic acids is 2. The van der Waals surface area contributed by atoms with E-state index in [4.69, 9.17) is 9.47 Å². The summed E-state index contributed by atoms with van der Waals surface area (Å²) in [6.07, 6.45) is 6.36. The van der Waals surface area contributed by atoms with Crippen LogP contribution in [0.4, 0.5) is 0 Å². The second-order valence-corrected chi connectivity index (χ2v) is 7.17. The lowest BCUT2D eigenvalue weighted by atomic mass is 9.68. The molecule has 1 aromatic rings. The average Bonchev–Trinajstić information content (AvgIpc) is 3.12. The van der Waals surface area contributed by atoms with E-state index in [1.54, 1.807) is 0 Å². The Morgan fingerprint density at radius 2 is 1.92 bits per heavy atom. The number of rotatable bonds is 3. The monoisotopic (exact) mass is 344 g/mol. The van der Waals surface area contributed by atoms with Gasteiger partial charge in [0.1, 0.15) is 6.04 Å². The molecule has 0 spiro atoms. The van der Waals surface area contributed by atoms with Crippen molar-refractivity contribution in [1.29, 1.82) is 0 Å². The number of fused-ring (bicyclic) bond motifs is 1. The minimum atomic E-state index is -0.586. The maximum absolute atomic E-state index is 13.3. The highest BCUT2D eigenvalue weighted by atomic mass is 16.7. The van der Waals surface area contributed by atoms with Gasteiger partial charge in [0.25, 0.3) is 0 Å². The Morgan fingerprint density at radius 1 is 1.12 bits per heavy atom. The third-order valence-corrected chi connectivity index (χ3v) is 5.66. The van der Waals surface area contributed by atoms with Gasteiger partial charge in [-0.05, 0) is 43.4 Å². The molecule has 0 radical (unpaired) electrons. The number of amides is 2. The number of hydrogen-bond donors (Lipinski definition) is 2. The fourth-order valence-electron chi connectivity index (χ4n) is 4.20. The van der Waals surface area contributed by atoms with Crippen LogP contribution in [-0.4, -0.2) is 31.2 Å². The first kappa shape index (κ1) is 16.2. The maximum atomic E-state index is 13.3. The van der Waals surface area contributed by atoms with Crippen molar-refractivity contribution in [3.63, 3.8) is 0 Å². The molecule has 3 aliphatic rings. The minimum Gasteiger partial charge on any atom is -0.454 e. The van der Waals surface area contributed by atoms with Crippen LogP contribution in [0.1, 0.15) is 50.5 Å². The van der Waals surface area contributed by atoms with Crippen molar-refractivity contribution in [3.05, 3.63) is 23.8 Å². The topological polar surface area (TPSA) is 76.7 Å². The van der Waals surface area contributed by atoms with E-state index in [-0.39, 0.29) is 18.6 Å². The maximum Gasteiger partial charge on any atom is 0.242 e. The Bertz CT molecular complexity index is 682. The van der Waals surface area contributed by atoms with E-state index < -0.39 is 11.5 Å². The SMILES string of the molecule is O=C1NCCCC1NC(=O)C1(c2ccc3c(c2)OCO3)CCCCC1. The largest absolute Gasteiger partial charge is 0.454 e. The summed E-state index contributed by atoms with van der Waals surface area (Å²) >= 11 is 0. The normalized spacial score (nSPS) is 24.5. The highest BCUT2D eigenvalue weighted by molar-refractivity contribution is 5.93. The van der Waals surface area contributed by atoms with E-state index in [1.807, 2.05) is 18.2 Å². The third-order valence-electron chi connectivity index (χ3n) is 5.66. The molecule has 0 bridgehead atoms. The van der Waals surface area contributed by atoms with E-state index in [2.05, 4.69) is 10.6 Å². The molecule has 25 heavy (non-hydrogen) atoms. The average molecular weight is 344 g/mol. The van der Waals surface area contributed by atoms with Crippen LogP contribution >= 0.6 is 0 Å². The van der Waals surface area contributed by atoms with E-state index in [1.165, 1.54) is 0 Å². The molecule has 1 aliphatic carbocycles. The Labute approximate surface area is 147 Å². The predicted octanol–water partition coefficient (Wildman–Crippen LogP) is 2.01. The third kappa shape index (κ3) is 2.94. The second-order valence-electron chi connectivity index (χ2n) is 7.17. The number of piperidine rings is 1. The zero-order chi connectivity index (χ0) is 17.3. The van der Waals surface area contributed by atoms with Crippen LogP contribution in [0, 0.1) is 0 Å². The summed E-state index contributed by atoms with van der Waals surface area (Å²) in [5.74, 6) is 1.32. The van der Waals surface area contributed by atoms with Crippen molar-refractivity contribution in [2.45, 2.75) is 56.4 Å². The van der Waals surface area contributed by atoms with Crippen LogP contribution in [0.2, 0.25) is 0 Å². The van der Waals surface area contributed by atoms with E-state index in [9.17, 15) is 9.59 Å². The molecule has 1 unspecified atom stereocenters. The molecule has 1 saturated heterocycles.